The number of hydrogen-bond acceptors (Lipinski definition) is 10. The maximum Gasteiger partial charge on any atom is 0.251 e. The number of amides is 1. The van der Waals surface area contributed by atoms with Gasteiger partial charge in [-0.2, -0.15) is 15.0 Å². The van der Waals surface area contributed by atoms with Gasteiger partial charge >= 0.3 is 0 Å². The maximum atomic E-state index is 11.9. The van der Waals surface area contributed by atoms with Crippen LogP contribution in [0.2, 0.25) is 0 Å². The van der Waals surface area contributed by atoms with E-state index in [0.717, 1.165) is 0 Å². The molecule has 0 saturated carbocycles. The number of carbonyl (C=O) groups excluding carboxylic acids is 1. The van der Waals surface area contributed by atoms with E-state index in [9.17, 15) is 9.90 Å². The van der Waals surface area contributed by atoms with Crippen LogP contribution in [0.3, 0.4) is 0 Å². The van der Waals surface area contributed by atoms with Gasteiger partial charge in [0.25, 0.3) is 5.91 Å². The zero-order valence-electron chi connectivity index (χ0n) is 21.1. The lowest BCUT2D eigenvalue weighted by Gasteiger charge is -2.20. The summed E-state index contributed by atoms with van der Waals surface area (Å²) in [5.74, 6) is 1.36. The van der Waals surface area contributed by atoms with Crippen molar-refractivity contribution in [3.63, 3.8) is 0 Å². The first-order valence-corrected chi connectivity index (χ1v) is 12.0. The Morgan fingerprint density at radius 1 is 0.857 bits per heavy atom. The van der Waals surface area contributed by atoms with Crippen molar-refractivity contribution in [2.75, 3.05) is 62.1 Å². The Kier molecular flexibility index (Phi) is 12.7. The molecule has 2 rings (SSSR count). The second kappa shape index (κ2) is 15.8. The Morgan fingerprint density at radius 2 is 1.46 bits per heavy atom. The van der Waals surface area contributed by atoms with Crippen LogP contribution in [0.5, 0.6) is 0 Å². The summed E-state index contributed by atoms with van der Waals surface area (Å²) in [7, 11) is 0. The van der Waals surface area contributed by atoms with E-state index in [1.54, 1.807) is 12.1 Å². The lowest BCUT2D eigenvalue weighted by atomic mass is 10.1. The minimum absolute atomic E-state index is 0.0195. The number of nitrogens with one attached hydrogen (secondary N) is 4. The molecule has 0 bridgehead atoms. The summed E-state index contributed by atoms with van der Waals surface area (Å²) in [6.45, 7) is 10.7. The third-order valence-electron chi connectivity index (χ3n) is 4.84. The first-order valence-electron chi connectivity index (χ1n) is 12.0. The second-order valence-electron chi connectivity index (χ2n) is 8.56. The zero-order chi connectivity index (χ0) is 25.5. The molecule has 0 aliphatic heterocycles. The third-order valence-corrected chi connectivity index (χ3v) is 4.84. The fourth-order valence-corrected chi connectivity index (χ4v) is 2.92. The molecule has 1 amide bonds. The highest BCUT2D eigenvalue weighted by Gasteiger charge is 2.15. The Balaban J connectivity index is 1.65. The molecule has 0 unspecified atom stereocenters. The highest BCUT2D eigenvalue weighted by atomic mass is 16.5. The minimum Gasteiger partial charge on any atom is -0.394 e. The molecule has 0 fully saturated rings. The molecular weight excluding hydrogens is 450 g/mol. The molecule has 2 aromatic rings. The summed E-state index contributed by atoms with van der Waals surface area (Å²) in [5.41, 5.74) is 0.629. The molecule has 0 spiro atoms. The number of benzene rings is 1. The van der Waals surface area contributed by atoms with Crippen LogP contribution in [0.15, 0.2) is 30.3 Å². The van der Waals surface area contributed by atoms with E-state index in [-0.39, 0.29) is 30.5 Å². The van der Waals surface area contributed by atoms with Crippen molar-refractivity contribution in [1.82, 2.24) is 20.3 Å². The second-order valence-corrected chi connectivity index (χ2v) is 8.56. The zero-order valence-corrected chi connectivity index (χ0v) is 21.1. The summed E-state index contributed by atoms with van der Waals surface area (Å²) < 4.78 is 11.1. The van der Waals surface area contributed by atoms with Crippen LogP contribution in [0.4, 0.5) is 17.8 Å². The first-order chi connectivity index (χ1) is 16.9. The Hall–Kier alpha value is -3.02. The van der Waals surface area contributed by atoms with Gasteiger partial charge < -0.3 is 35.8 Å². The minimum atomic E-state index is -0.160. The molecule has 0 aliphatic carbocycles. The standard InChI is InChI=1S/C24H39N7O4/c1-17(2)20(16-32)28-24-30-22(29-23(31-24)27-18(3)4)26-11-13-35-15-14-34-12-10-25-21(33)19-8-6-5-7-9-19/h5-9,17-18,20,32H,10-16H2,1-4H3,(H,25,33)(H3,26,27,28,29,30,31)/t20-/m0/s1. The van der Waals surface area contributed by atoms with Crippen LogP contribution < -0.4 is 21.3 Å². The van der Waals surface area contributed by atoms with E-state index in [1.165, 1.54) is 0 Å². The van der Waals surface area contributed by atoms with Gasteiger partial charge in [0.2, 0.25) is 17.8 Å². The SMILES string of the molecule is CC(C)Nc1nc(NCCOCCOCCNC(=O)c2ccccc2)nc(N[C@@H](CO)C(C)C)n1. The average molecular weight is 490 g/mol. The topological polar surface area (TPSA) is 143 Å². The van der Waals surface area contributed by atoms with Gasteiger partial charge in [-0.15, -0.1) is 0 Å². The van der Waals surface area contributed by atoms with E-state index < -0.39 is 0 Å². The molecule has 1 aromatic heterocycles. The normalized spacial score (nSPS) is 12.0. The Morgan fingerprint density at radius 3 is 2.06 bits per heavy atom. The summed E-state index contributed by atoms with van der Waals surface area (Å²) in [5, 5.41) is 21.9. The first kappa shape index (κ1) is 28.2. The quantitative estimate of drug-likeness (QED) is 0.209. The number of aliphatic hydroxyl groups is 1. The van der Waals surface area contributed by atoms with Gasteiger partial charge in [-0.3, -0.25) is 4.79 Å². The van der Waals surface area contributed by atoms with Crippen molar-refractivity contribution < 1.29 is 19.4 Å². The number of aromatic nitrogens is 3. The van der Waals surface area contributed by atoms with E-state index in [0.29, 0.717) is 62.9 Å². The molecule has 11 nitrogen and oxygen atoms in total. The maximum absolute atomic E-state index is 11.9. The number of carbonyl (C=O) groups is 1. The molecule has 1 atom stereocenters. The van der Waals surface area contributed by atoms with Crippen molar-refractivity contribution in [1.29, 1.82) is 0 Å². The van der Waals surface area contributed by atoms with Crippen molar-refractivity contribution in [3.8, 4) is 0 Å². The lowest BCUT2D eigenvalue weighted by Crippen LogP contribution is -2.31. The lowest BCUT2D eigenvalue weighted by molar-refractivity contribution is 0.0519. The summed E-state index contributed by atoms with van der Waals surface area (Å²) >= 11 is 0. The molecule has 0 aliphatic rings. The molecule has 35 heavy (non-hydrogen) atoms. The summed E-state index contributed by atoms with van der Waals surface area (Å²) in [6.07, 6.45) is 0. The highest BCUT2D eigenvalue weighted by Crippen LogP contribution is 2.13. The number of ether oxygens (including phenoxy) is 2. The van der Waals surface area contributed by atoms with Gasteiger partial charge in [-0.05, 0) is 31.9 Å². The van der Waals surface area contributed by atoms with Crippen LogP contribution in [0.1, 0.15) is 38.1 Å². The van der Waals surface area contributed by atoms with E-state index in [2.05, 4.69) is 36.2 Å². The molecule has 0 saturated heterocycles. The number of nitrogens with zero attached hydrogens (tertiary/aromatic N) is 3. The molecule has 0 radical (unpaired) electrons. The molecular formula is C24H39N7O4. The number of anilines is 3. The van der Waals surface area contributed by atoms with Crippen LogP contribution in [0.25, 0.3) is 0 Å². The van der Waals surface area contributed by atoms with Crippen molar-refractivity contribution in [2.24, 2.45) is 5.92 Å². The van der Waals surface area contributed by atoms with Gasteiger partial charge in [0.05, 0.1) is 39.1 Å². The fraction of sp³-hybridized carbons (Fsp3) is 0.583. The van der Waals surface area contributed by atoms with Crippen molar-refractivity contribution >= 4 is 23.8 Å². The fourth-order valence-electron chi connectivity index (χ4n) is 2.92. The number of aliphatic hydroxyl groups excluding tert-OH is 1. The molecule has 5 N–H and O–H groups in total. The largest absolute Gasteiger partial charge is 0.394 e. The third kappa shape index (κ3) is 11.3. The van der Waals surface area contributed by atoms with Gasteiger partial charge in [-0.1, -0.05) is 32.0 Å². The van der Waals surface area contributed by atoms with E-state index >= 15 is 0 Å². The Bertz CT molecular complexity index is 868. The number of rotatable bonds is 17. The van der Waals surface area contributed by atoms with E-state index in [1.807, 2.05) is 45.9 Å². The van der Waals surface area contributed by atoms with Gasteiger partial charge in [0, 0.05) is 24.7 Å². The molecule has 11 heteroatoms. The van der Waals surface area contributed by atoms with Gasteiger partial charge in [0.1, 0.15) is 0 Å². The van der Waals surface area contributed by atoms with E-state index in [4.69, 9.17) is 9.47 Å². The van der Waals surface area contributed by atoms with Crippen LogP contribution in [-0.4, -0.2) is 84.2 Å². The highest BCUT2D eigenvalue weighted by molar-refractivity contribution is 5.94. The van der Waals surface area contributed by atoms with Crippen LogP contribution in [-0.2, 0) is 9.47 Å². The predicted molar refractivity (Wildman–Crippen MR) is 137 cm³/mol. The van der Waals surface area contributed by atoms with Crippen molar-refractivity contribution in [2.45, 2.75) is 39.8 Å². The van der Waals surface area contributed by atoms with Crippen LogP contribution in [0, 0.1) is 5.92 Å². The van der Waals surface area contributed by atoms with Crippen molar-refractivity contribution in [3.05, 3.63) is 35.9 Å². The molecule has 1 heterocycles. The summed E-state index contributed by atoms with van der Waals surface area (Å²) in [4.78, 5) is 25.1. The van der Waals surface area contributed by atoms with Gasteiger partial charge in [0.15, 0.2) is 0 Å². The van der Waals surface area contributed by atoms with Gasteiger partial charge in [-0.25, -0.2) is 0 Å². The number of hydrogen-bond donors (Lipinski definition) is 5. The van der Waals surface area contributed by atoms with Crippen LogP contribution >= 0.6 is 0 Å². The monoisotopic (exact) mass is 489 g/mol. The molecule has 194 valence electrons. The predicted octanol–water partition coefficient (Wildman–Crippen LogP) is 2.00. The Labute approximate surface area is 207 Å². The summed E-state index contributed by atoms with van der Waals surface area (Å²) in [6, 6.07) is 9.07. The molecule has 1 aromatic carbocycles. The average Bonchev–Trinajstić information content (AvgIpc) is 2.83. The smallest absolute Gasteiger partial charge is 0.251 e.